The van der Waals surface area contributed by atoms with Crippen LogP contribution in [0.15, 0.2) is 53.7 Å². The van der Waals surface area contributed by atoms with E-state index < -0.39 is 0 Å². The number of thioether (sulfide) groups is 1. The summed E-state index contributed by atoms with van der Waals surface area (Å²) < 4.78 is 7.70. The first kappa shape index (κ1) is 20.5. The highest BCUT2D eigenvalue weighted by Crippen LogP contribution is 2.30. The molecule has 3 aromatic rings. The lowest BCUT2D eigenvalue weighted by Gasteiger charge is -2.14. The standard InChI is InChI=1S/C19H18Cl2N4O2S/c1-12(27-13-7-4-3-5-8-13)18-23-24-19(25(18)2)28-11-16(26)22-17-14(20)9-6-10-15(17)21/h3-10,12H,11H2,1-2H3,(H,22,26). The summed E-state index contributed by atoms with van der Waals surface area (Å²) in [7, 11) is 1.84. The van der Waals surface area contributed by atoms with E-state index in [1.54, 1.807) is 18.2 Å². The van der Waals surface area contributed by atoms with Gasteiger partial charge in [0.15, 0.2) is 17.1 Å². The second-order valence-electron chi connectivity index (χ2n) is 5.91. The number of para-hydroxylation sites is 2. The van der Waals surface area contributed by atoms with Gasteiger partial charge in [0.1, 0.15) is 5.75 Å². The molecule has 0 bridgehead atoms. The van der Waals surface area contributed by atoms with Crippen molar-refractivity contribution in [3.05, 3.63) is 64.4 Å². The number of carbonyl (C=O) groups is 1. The highest BCUT2D eigenvalue weighted by Gasteiger charge is 2.18. The van der Waals surface area contributed by atoms with Crippen molar-refractivity contribution in [1.29, 1.82) is 0 Å². The van der Waals surface area contributed by atoms with E-state index in [1.165, 1.54) is 11.8 Å². The Hall–Kier alpha value is -2.22. The minimum Gasteiger partial charge on any atom is -0.483 e. The quantitative estimate of drug-likeness (QED) is 0.528. The van der Waals surface area contributed by atoms with Crippen molar-refractivity contribution in [3.63, 3.8) is 0 Å². The fourth-order valence-electron chi connectivity index (χ4n) is 2.48. The first-order valence-corrected chi connectivity index (χ1v) is 10.2. The van der Waals surface area contributed by atoms with Crippen LogP contribution in [0.4, 0.5) is 5.69 Å². The zero-order valence-electron chi connectivity index (χ0n) is 15.2. The molecule has 0 aliphatic heterocycles. The number of benzene rings is 2. The maximum absolute atomic E-state index is 12.3. The molecule has 6 nitrogen and oxygen atoms in total. The van der Waals surface area contributed by atoms with E-state index in [4.69, 9.17) is 27.9 Å². The SMILES string of the molecule is CC(Oc1ccccc1)c1nnc(SCC(=O)Nc2c(Cl)cccc2Cl)n1C. The Labute approximate surface area is 177 Å². The summed E-state index contributed by atoms with van der Waals surface area (Å²) >= 11 is 13.4. The van der Waals surface area contributed by atoms with Gasteiger partial charge in [-0.1, -0.05) is 59.2 Å². The number of nitrogens with one attached hydrogen (secondary N) is 1. The summed E-state index contributed by atoms with van der Waals surface area (Å²) in [5, 5.41) is 12.5. The van der Waals surface area contributed by atoms with Crippen LogP contribution >= 0.6 is 35.0 Å². The minimum atomic E-state index is -0.287. The number of halogens is 2. The van der Waals surface area contributed by atoms with E-state index >= 15 is 0 Å². The number of anilines is 1. The normalized spacial score (nSPS) is 11.9. The van der Waals surface area contributed by atoms with Crippen LogP contribution in [0.1, 0.15) is 18.9 Å². The lowest BCUT2D eigenvalue weighted by Crippen LogP contribution is -2.15. The third kappa shape index (κ3) is 4.98. The van der Waals surface area contributed by atoms with Gasteiger partial charge >= 0.3 is 0 Å². The molecule has 1 amide bonds. The molecule has 0 aliphatic rings. The van der Waals surface area contributed by atoms with Crippen LogP contribution in [0, 0.1) is 0 Å². The van der Waals surface area contributed by atoms with Gasteiger partial charge in [0, 0.05) is 7.05 Å². The Bertz CT molecular complexity index is 946. The number of rotatable bonds is 7. The number of amides is 1. The van der Waals surface area contributed by atoms with Gasteiger partial charge in [-0.15, -0.1) is 10.2 Å². The summed E-state index contributed by atoms with van der Waals surface area (Å²) in [4.78, 5) is 12.3. The number of hydrogen-bond donors (Lipinski definition) is 1. The number of aromatic nitrogens is 3. The van der Waals surface area contributed by atoms with Crippen molar-refractivity contribution >= 4 is 46.6 Å². The molecule has 1 unspecified atom stereocenters. The first-order chi connectivity index (χ1) is 13.5. The van der Waals surface area contributed by atoms with Gasteiger partial charge in [0.05, 0.1) is 21.5 Å². The molecule has 1 N–H and O–H groups in total. The van der Waals surface area contributed by atoms with Gasteiger partial charge in [-0.05, 0) is 31.2 Å². The summed E-state index contributed by atoms with van der Waals surface area (Å²) in [6, 6.07) is 14.6. The topological polar surface area (TPSA) is 69.0 Å². The third-order valence-electron chi connectivity index (χ3n) is 3.85. The Morgan fingerprint density at radius 2 is 1.82 bits per heavy atom. The highest BCUT2D eigenvalue weighted by atomic mass is 35.5. The van der Waals surface area contributed by atoms with Crippen LogP contribution < -0.4 is 10.1 Å². The minimum absolute atomic E-state index is 0.140. The number of carbonyl (C=O) groups excluding carboxylic acids is 1. The molecule has 0 fully saturated rings. The van der Waals surface area contributed by atoms with Crippen molar-refractivity contribution in [1.82, 2.24) is 14.8 Å². The molecule has 1 aromatic heterocycles. The molecule has 28 heavy (non-hydrogen) atoms. The third-order valence-corrected chi connectivity index (χ3v) is 5.50. The first-order valence-electron chi connectivity index (χ1n) is 8.43. The lowest BCUT2D eigenvalue weighted by molar-refractivity contribution is -0.113. The molecule has 3 rings (SSSR count). The lowest BCUT2D eigenvalue weighted by atomic mass is 10.3. The Balaban J connectivity index is 1.60. The molecule has 0 radical (unpaired) electrons. The monoisotopic (exact) mass is 436 g/mol. The molecule has 0 spiro atoms. The average Bonchev–Trinajstić information content (AvgIpc) is 3.04. The Kier molecular flexibility index (Phi) is 6.83. The highest BCUT2D eigenvalue weighted by molar-refractivity contribution is 7.99. The van der Waals surface area contributed by atoms with E-state index in [9.17, 15) is 4.79 Å². The largest absolute Gasteiger partial charge is 0.483 e. The molecular weight excluding hydrogens is 419 g/mol. The second-order valence-corrected chi connectivity index (χ2v) is 7.66. The molecule has 1 heterocycles. The van der Waals surface area contributed by atoms with E-state index in [0.717, 1.165) is 5.75 Å². The smallest absolute Gasteiger partial charge is 0.234 e. The zero-order valence-corrected chi connectivity index (χ0v) is 17.6. The molecule has 0 aliphatic carbocycles. The average molecular weight is 437 g/mol. The van der Waals surface area contributed by atoms with Crippen LogP contribution in [0.3, 0.4) is 0 Å². The van der Waals surface area contributed by atoms with Crippen LogP contribution in [-0.2, 0) is 11.8 Å². The van der Waals surface area contributed by atoms with Gasteiger partial charge in [-0.3, -0.25) is 4.79 Å². The fourth-order valence-corrected chi connectivity index (χ4v) is 3.69. The molecule has 0 saturated carbocycles. The predicted octanol–water partition coefficient (Wildman–Crippen LogP) is 4.99. The summed E-state index contributed by atoms with van der Waals surface area (Å²) in [6.45, 7) is 1.90. The second kappa shape index (κ2) is 9.32. The van der Waals surface area contributed by atoms with Gasteiger partial charge < -0.3 is 14.6 Å². The Morgan fingerprint density at radius 3 is 2.50 bits per heavy atom. The number of ether oxygens (including phenoxy) is 1. The Morgan fingerprint density at radius 1 is 1.14 bits per heavy atom. The van der Waals surface area contributed by atoms with Crippen molar-refractivity contribution in [2.45, 2.75) is 18.2 Å². The molecule has 2 aromatic carbocycles. The van der Waals surface area contributed by atoms with Crippen molar-refractivity contribution in [2.75, 3.05) is 11.1 Å². The molecule has 146 valence electrons. The molecule has 0 saturated heterocycles. The van der Waals surface area contributed by atoms with Crippen LogP contribution in [0.2, 0.25) is 10.0 Å². The van der Waals surface area contributed by atoms with Crippen molar-refractivity contribution in [2.24, 2.45) is 7.05 Å². The van der Waals surface area contributed by atoms with E-state index in [0.29, 0.717) is 26.7 Å². The van der Waals surface area contributed by atoms with Crippen LogP contribution in [0.5, 0.6) is 5.75 Å². The van der Waals surface area contributed by atoms with Crippen molar-refractivity contribution < 1.29 is 9.53 Å². The van der Waals surface area contributed by atoms with Gasteiger partial charge in [0.25, 0.3) is 0 Å². The van der Waals surface area contributed by atoms with Gasteiger partial charge in [-0.25, -0.2) is 0 Å². The predicted molar refractivity (Wildman–Crippen MR) is 112 cm³/mol. The number of nitrogens with zero attached hydrogens (tertiary/aromatic N) is 3. The maximum atomic E-state index is 12.3. The summed E-state index contributed by atoms with van der Waals surface area (Å²) in [5.74, 6) is 1.32. The molecule has 1 atom stereocenters. The van der Waals surface area contributed by atoms with Crippen molar-refractivity contribution in [3.8, 4) is 5.75 Å². The van der Waals surface area contributed by atoms with E-state index in [1.807, 2.05) is 48.9 Å². The van der Waals surface area contributed by atoms with E-state index in [2.05, 4.69) is 15.5 Å². The van der Waals surface area contributed by atoms with Gasteiger partial charge in [0.2, 0.25) is 5.91 Å². The zero-order chi connectivity index (χ0) is 20.1. The fraction of sp³-hybridized carbons (Fsp3) is 0.211. The van der Waals surface area contributed by atoms with Crippen LogP contribution in [0.25, 0.3) is 0 Å². The summed E-state index contributed by atoms with van der Waals surface area (Å²) in [5.41, 5.74) is 0.403. The molecule has 9 heteroatoms. The van der Waals surface area contributed by atoms with E-state index in [-0.39, 0.29) is 17.8 Å². The number of hydrogen-bond acceptors (Lipinski definition) is 5. The molecular formula is C19H18Cl2N4O2S. The van der Waals surface area contributed by atoms with Crippen LogP contribution in [-0.4, -0.2) is 26.4 Å². The van der Waals surface area contributed by atoms with Gasteiger partial charge in [-0.2, -0.15) is 0 Å². The maximum Gasteiger partial charge on any atom is 0.234 e. The summed E-state index contributed by atoms with van der Waals surface area (Å²) in [6.07, 6.45) is -0.287.